The monoisotopic (exact) mass is 630 g/mol. The molecule has 0 saturated carbocycles. The van der Waals surface area contributed by atoms with Gasteiger partial charge in [0.25, 0.3) is 5.56 Å². The number of thiophene rings is 1. The molecule has 0 aliphatic carbocycles. The van der Waals surface area contributed by atoms with Gasteiger partial charge in [-0.2, -0.15) is 4.37 Å². The van der Waals surface area contributed by atoms with Crippen molar-refractivity contribution in [1.82, 2.24) is 18.5 Å². The molecule has 2 saturated heterocycles. The van der Waals surface area contributed by atoms with Crippen LogP contribution in [0.3, 0.4) is 0 Å². The number of halogens is 1. The van der Waals surface area contributed by atoms with Crippen molar-refractivity contribution < 1.29 is 28.5 Å². The summed E-state index contributed by atoms with van der Waals surface area (Å²) in [6, 6.07) is 4.10. The molecule has 14 heteroatoms. The van der Waals surface area contributed by atoms with Gasteiger partial charge in [-0.15, -0.1) is 11.3 Å². The highest BCUT2D eigenvalue weighted by Gasteiger charge is 2.39. The number of benzene rings is 1. The van der Waals surface area contributed by atoms with Crippen molar-refractivity contribution in [1.29, 1.82) is 0 Å². The van der Waals surface area contributed by atoms with E-state index in [2.05, 4.69) is 9.36 Å². The number of hydrogen-bond donors (Lipinski definition) is 1. The summed E-state index contributed by atoms with van der Waals surface area (Å²) in [4.78, 5) is 45.6. The SMILES string of the molecule is COc1ccc(F)cc1[C@H](Cn1c(=O)n(C(C)(C)C(=O)O)c(=O)c2c(C)c(-c3ncsn3)sc21)OC1C[C@H]2CC[C@@H](C1)O2. The standard InChI is InChI=1S/C29H31FN4O7S2/c1-14-22-25(35)34(29(2,3)27(36)37)28(38)33(26(22)43-23(14)24-31-13-42-32-24)12-21(19-9-15(30)5-8-20(19)39-4)41-18-10-16-6-7-17(11-18)40-16/h5,8-9,13,16-18,21H,6-7,10-12H2,1-4H3,(H,36,37)/t16-,17+,18?,21-/m0/s1. The number of ether oxygens (including phenoxy) is 3. The third kappa shape index (κ3) is 5.19. The molecule has 2 bridgehead atoms. The smallest absolute Gasteiger partial charge is 0.333 e. The Morgan fingerprint density at radius 1 is 1.26 bits per heavy atom. The van der Waals surface area contributed by atoms with Crippen molar-refractivity contribution >= 4 is 39.1 Å². The van der Waals surface area contributed by atoms with Crippen LogP contribution in [0.1, 0.15) is 56.8 Å². The molecule has 4 atom stereocenters. The molecular weight excluding hydrogens is 599 g/mol. The maximum absolute atomic E-state index is 14.7. The molecule has 0 amide bonds. The van der Waals surface area contributed by atoms with Crippen LogP contribution in [0.25, 0.3) is 20.9 Å². The largest absolute Gasteiger partial charge is 0.496 e. The molecule has 1 N–H and O–H groups in total. The fourth-order valence-electron chi connectivity index (χ4n) is 6.07. The van der Waals surface area contributed by atoms with E-state index in [9.17, 15) is 23.9 Å². The van der Waals surface area contributed by atoms with Gasteiger partial charge in [0.2, 0.25) is 0 Å². The van der Waals surface area contributed by atoms with Crippen LogP contribution in [0.2, 0.25) is 0 Å². The van der Waals surface area contributed by atoms with Crippen LogP contribution in [-0.4, -0.2) is 55.0 Å². The van der Waals surface area contributed by atoms with E-state index in [0.29, 0.717) is 45.3 Å². The fourth-order valence-corrected chi connectivity index (χ4v) is 7.80. The zero-order valence-electron chi connectivity index (χ0n) is 24.0. The average Bonchev–Trinajstić information content (AvgIpc) is 3.69. The maximum atomic E-state index is 14.7. The number of carbonyl (C=O) groups is 1. The molecule has 0 radical (unpaired) electrons. The molecule has 0 spiro atoms. The number of rotatable bonds is 9. The van der Waals surface area contributed by atoms with Gasteiger partial charge in [0.1, 0.15) is 33.6 Å². The zero-order valence-corrected chi connectivity index (χ0v) is 25.7. The molecule has 228 valence electrons. The number of aliphatic carboxylic acids is 1. The van der Waals surface area contributed by atoms with E-state index in [1.807, 2.05) is 0 Å². The predicted molar refractivity (Wildman–Crippen MR) is 159 cm³/mol. The van der Waals surface area contributed by atoms with Crippen LogP contribution >= 0.6 is 22.9 Å². The normalized spacial score (nSPS) is 20.9. The quantitative estimate of drug-likeness (QED) is 0.284. The third-order valence-corrected chi connectivity index (χ3v) is 10.1. The van der Waals surface area contributed by atoms with Crippen LogP contribution in [0.15, 0.2) is 33.3 Å². The summed E-state index contributed by atoms with van der Waals surface area (Å²) in [5, 5.41) is 10.2. The van der Waals surface area contributed by atoms with Crippen LogP contribution < -0.4 is 16.0 Å². The minimum Gasteiger partial charge on any atom is -0.496 e. The Kier molecular flexibility index (Phi) is 7.73. The van der Waals surface area contributed by atoms with Crippen molar-refractivity contribution in [3.63, 3.8) is 0 Å². The molecule has 43 heavy (non-hydrogen) atoms. The number of hydrogen-bond acceptors (Lipinski definition) is 10. The van der Waals surface area contributed by atoms with Crippen molar-refractivity contribution in [3.8, 4) is 16.5 Å². The molecule has 4 aromatic rings. The fraction of sp³-hybridized carbons (Fsp3) is 0.483. The van der Waals surface area contributed by atoms with Crippen LogP contribution in [0.5, 0.6) is 5.75 Å². The second-order valence-electron chi connectivity index (χ2n) is 11.5. The Bertz CT molecular complexity index is 1800. The van der Waals surface area contributed by atoms with Crippen molar-refractivity contribution in [2.24, 2.45) is 0 Å². The van der Waals surface area contributed by atoms with E-state index in [-0.39, 0.29) is 30.2 Å². The summed E-state index contributed by atoms with van der Waals surface area (Å²) in [6.45, 7) is 4.20. The molecule has 5 heterocycles. The topological polar surface area (TPSA) is 135 Å². The Morgan fingerprint density at radius 3 is 2.60 bits per heavy atom. The van der Waals surface area contributed by atoms with Gasteiger partial charge < -0.3 is 19.3 Å². The molecule has 1 aromatic carbocycles. The van der Waals surface area contributed by atoms with Gasteiger partial charge in [0.05, 0.1) is 42.2 Å². The second kappa shape index (κ2) is 11.2. The first kappa shape index (κ1) is 29.6. The number of fused-ring (bicyclic) bond motifs is 3. The molecule has 1 unspecified atom stereocenters. The summed E-state index contributed by atoms with van der Waals surface area (Å²) >= 11 is 2.32. The Balaban J connectivity index is 1.57. The molecule has 2 aliphatic heterocycles. The van der Waals surface area contributed by atoms with Gasteiger partial charge in [-0.3, -0.25) is 9.36 Å². The minimum atomic E-state index is -1.87. The molecule has 3 aromatic heterocycles. The van der Waals surface area contributed by atoms with Crippen LogP contribution in [0.4, 0.5) is 4.39 Å². The molecule has 6 rings (SSSR count). The number of carboxylic acids is 1. The lowest BCUT2D eigenvalue weighted by molar-refractivity contribution is -0.146. The zero-order chi connectivity index (χ0) is 30.6. The molecule has 2 aliphatic rings. The number of methoxy groups -OCH3 is 1. The van der Waals surface area contributed by atoms with E-state index >= 15 is 0 Å². The first-order valence-corrected chi connectivity index (χ1v) is 15.6. The van der Waals surface area contributed by atoms with E-state index in [4.69, 9.17) is 14.2 Å². The van der Waals surface area contributed by atoms with Crippen molar-refractivity contribution in [2.75, 3.05) is 7.11 Å². The van der Waals surface area contributed by atoms with E-state index in [1.165, 1.54) is 55.1 Å². The Morgan fingerprint density at radius 2 is 1.98 bits per heavy atom. The van der Waals surface area contributed by atoms with Gasteiger partial charge in [-0.1, -0.05) is 0 Å². The Hall–Kier alpha value is -3.46. The Labute approximate surface area is 253 Å². The number of carboxylic acid groups (broad SMARTS) is 1. The molecule has 2 fully saturated rings. The first-order chi connectivity index (χ1) is 20.5. The van der Waals surface area contributed by atoms with E-state index < -0.39 is 34.7 Å². The summed E-state index contributed by atoms with van der Waals surface area (Å²) in [6.07, 6.45) is 2.22. The van der Waals surface area contributed by atoms with Crippen molar-refractivity contribution in [3.05, 3.63) is 61.5 Å². The van der Waals surface area contributed by atoms with E-state index in [1.54, 1.807) is 12.4 Å². The highest BCUT2D eigenvalue weighted by molar-refractivity contribution is 7.22. The average molecular weight is 631 g/mol. The van der Waals surface area contributed by atoms with Gasteiger partial charge >= 0.3 is 11.7 Å². The lowest BCUT2D eigenvalue weighted by atomic mass is 10.0. The van der Waals surface area contributed by atoms with Crippen molar-refractivity contribution in [2.45, 2.75) is 83.0 Å². The summed E-state index contributed by atoms with van der Waals surface area (Å²) in [7, 11) is 1.47. The molecule has 11 nitrogen and oxygen atoms in total. The molecular formula is C29H31FN4O7S2. The summed E-state index contributed by atoms with van der Waals surface area (Å²) in [5.74, 6) is -1.07. The highest BCUT2D eigenvalue weighted by atomic mass is 32.1. The van der Waals surface area contributed by atoms with Gasteiger partial charge in [-0.05, 0) is 81.7 Å². The number of nitrogens with zero attached hydrogens (tertiary/aromatic N) is 4. The summed E-state index contributed by atoms with van der Waals surface area (Å²) in [5.41, 5.74) is -0.912. The lowest BCUT2D eigenvalue weighted by Crippen LogP contribution is -2.52. The first-order valence-electron chi connectivity index (χ1n) is 13.9. The number of aryl methyl sites for hydroxylation is 1. The number of aromatic nitrogens is 4. The highest BCUT2D eigenvalue weighted by Crippen LogP contribution is 2.40. The third-order valence-electron chi connectivity index (χ3n) is 8.35. The minimum absolute atomic E-state index is 0.0691. The predicted octanol–water partition coefficient (Wildman–Crippen LogP) is 4.49. The van der Waals surface area contributed by atoms with Gasteiger partial charge in [0.15, 0.2) is 5.82 Å². The second-order valence-corrected chi connectivity index (χ2v) is 13.1. The maximum Gasteiger partial charge on any atom is 0.333 e. The lowest BCUT2D eigenvalue weighted by Gasteiger charge is -2.33. The van der Waals surface area contributed by atoms with E-state index in [0.717, 1.165) is 28.9 Å². The van der Waals surface area contributed by atoms with Gasteiger partial charge in [-0.25, -0.2) is 23.5 Å². The summed E-state index contributed by atoms with van der Waals surface area (Å²) < 4.78 is 39.4. The van der Waals surface area contributed by atoms with Gasteiger partial charge in [0, 0.05) is 5.56 Å². The van der Waals surface area contributed by atoms with Crippen LogP contribution in [-0.2, 0) is 26.4 Å². The van der Waals surface area contributed by atoms with Crippen LogP contribution in [0, 0.1) is 12.7 Å².